The number of halogens is 1. The van der Waals surface area contributed by atoms with E-state index in [9.17, 15) is 4.79 Å². The van der Waals surface area contributed by atoms with Crippen molar-refractivity contribution >= 4 is 23.6 Å². The SMILES string of the molecule is CCC(CC)Oc1cccc(Cl)c1/C=C/C(=O)O. The standard InChI is InChI=1S/C14H17ClO3/c1-3-10(4-2)18-13-7-5-6-12(15)11(13)8-9-14(16)17/h5-10H,3-4H2,1-2H3,(H,16,17)/b9-8+. The van der Waals surface area contributed by atoms with Gasteiger partial charge in [0, 0.05) is 11.6 Å². The Balaban J connectivity index is 3.03. The van der Waals surface area contributed by atoms with Gasteiger partial charge in [-0.15, -0.1) is 0 Å². The van der Waals surface area contributed by atoms with Crippen LogP contribution in [0.3, 0.4) is 0 Å². The van der Waals surface area contributed by atoms with E-state index in [2.05, 4.69) is 0 Å². The molecule has 0 spiro atoms. The van der Waals surface area contributed by atoms with Crippen molar-refractivity contribution in [2.75, 3.05) is 0 Å². The summed E-state index contributed by atoms with van der Waals surface area (Å²) in [4.78, 5) is 10.6. The third-order valence-electron chi connectivity index (χ3n) is 2.61. The molecule has 3 nitrogen and oxygen atoms in total. The maximum absolute atomic E-state index is 10.6. The van der Waals surface area contributed by atoms with Gasteiger partial charge in [0.1, 0.15) is 5.75 Å². The first-order valence-electron chi connectivity index (χ1n) is 5.94. The molecule has 0 atom stereocenters. The van der Waals surface area contributed by atoms with E-state index < -0.39 is 5.97 Å². The molecule has 0 aromatic heterocycles. The number of aliphatic carboxylic acids is 1. The molecule has 1 aromatic carbocycles. The van der Waals surface area contributed by atoms with E-state index in [4.69, 9.17) is 21.4 Å². The third kappa shape index (κ3) is 4.08. The summed E-state index contributed by atoms with van der Waals surface area (Å²) in [6.45, 7) is 4.09. The lowest BCUT2D eigenvalue weighted by Gasteiger charge is -2.17. The van der Waals surface area contributed by atoms with Gasteiger partial charge in [0.05, 0.1) is 11.1 Å². The zero-order valence-electron chi connectivity index (χ0n) is 10.5. The molecular formula is C14H17ClO3. The minimum atomic E-state index is -1.01. The average Bonchev–Trinajstić information content (AvgIpc) is 2.34. The van der Waals surface area contributed by atoms with E-state index in [1.807, 2.05) is 13.8 Å². The van der Waals surface area contributed by atoms with Crippen LogP contribution in [-0.4, -0.2) is 17.2 Å². The van der Waals surface area contributed by atoms with E-state index in [0.717, 1.165) is 18.9 Å². The Hall–Kier alpha value is -1.48. The van der Waals surface area contributed by atoms with Crippen LogP contribution in [0.2, 0.25) is 5.02 Å². The first-order valence-corrected chi connectivity index (χ1v) is 6.32. The van der Waals surface area contributed by atoms with Crippen molar-refractivity contribution in [2.45, 2.75) is 32.8 Å². The highest BCUT2D eigenvalue weighted by Crippen LogP contribution is 2.29. The summed E-state index contributed by atoms with van der Waals surface area (Å²) in [6.07, 6.45) is 4.42. The minimum absolute atomic E-state index is 0.112. The number of benzene rings is 1. The van der Waals surface area contributed by atoms with Crippen molar-refractivity contribution in [3.8, 4) is 5.75 Å². The molecule has 98 valence electrons. The van der Waals surface area contributed by atoms with Crippen LogP contribution in [0, 0.1) is 0 Å². The second-order valence-corrected chi connectivity index (χ2v) is 4.29. The van der Waals surface area contributed by atoms with Crippen LogP contribution in [0.4, 0.5) is 0 Å². The predicted octanol–water partition coefficient (Wildman–Crippen LogP) is 4.01. The van der Waals surface area contributed by atoms with Gasteiger partial charge in [0.15, 0.2) is 0 Å². The van der Waals surface area contributed by atoms with Crippen molar-refractivity contribution in [3.63, 3.8) is 0 Å². The first kappa shape index (κ1) is 14.6. The summed E-state index contributed by atoms with van der Waals surface area (Å²) in [5, 5.41) is 9.14. The van der Waals surface area contributed by atoms with Gasteiger partial charge < -0.3 is 9.84 Å². The molecule has 0 saturated heterocycles. The Kier molecular flexibility index (Phi) is 5.72. The number of carbonyl (C=O) groups is 1. The number of carboxylic acid groups (broad SMARTS) is 1. The number of ether oxygens (including phenoxy) is 1. The molecule has 0 heterocycles. The van der Waals surface area contributed by atoms with Crippen LogP contribution in [0.5, 0.6) is 5.75 Å². The fraction of sp³-hybridized carbons (Fsp3) is 0.357. The van der Waals surface area contributed by atoms with Crippen LogP contribution >= 0.6 is 11.6 Å². The Labute approximate surface area is 112 Å². The van der Waals surface area contributed by atoms with Gasteiger partial charge in [-0.1, -0.05) is 31.5 Å². The molecule has 0 amide bonds. The van der Waals surface area contributed by atoms with Gasteiger partial charge in [-0.3, -0.25) is 0 Å². The molecule has 1 N–H and O–H groups in total. The first-order chi connectivity index (χ1) is 8.58. The van der Waals surface area contributed by atoms with Gasteiger partial charge in [-0.25, -0.2) is 4.79 Å². The van der Waals surface area contributed by atoms with E-state index >= 15 is 0 Å². The largest absolute Gasteiger partial charge is 0.490 e. The van der Waals surface area contributed by atoms with E-state index in [0.29, 0.717) is 16.3 Å². The molecule has 0 saturated carbocycles. The predicted molar refractivity (Wildman–Crippen MR) is 73.1 cm³/mol. The molecule has 1 aromatic rings. The molecule has 18 heavy (non-hydrogen) atoms. The van der Waals surface area contributed by atoms with Crippen molar-refractivity contribution in [3.05, 3.63) is 34.9 Å². The van der Waals surface area contributed by atoms with Gasteiger partial charge in [-0.2, -0.15) is 0 Å². The van der Waals surface area contributed by atoms with Gasteiger partial charge in [0.2, 0.25) is 0 Å². The summed E-state index contributed by atoms with van der Waals surface area (Å²) in [5.74, 6) is -0.392. The maximum atomic E-state index is 10.6. The van der Waals surface area contributed by atoms with Crippen molar-refractivity contribution in [2.24, 2.45) is 0 Å². The Morgan fingerprint density at radius 1 is 1.44 bits per heavy atom. The van der Waals surface area contributed by atoms with Crippen LogP contribution in [0.1, 0.15) is 32.3 Å². The molecule has 0 fully saturated rings. The maximum Gasteiger partial charge on any atom is 0.328 e. The fourth-order valence-corrected chi connectivity index (χ4v) is 1.80. The zero-order valence-corrected chi connectivity index (χ0v) is 11.3. The number of rotatable bonds is 6. The fourth-order valence-electron chi connectivity index (χ4n) is 1.57. The molecule has 0 radical (unpaired) electrons. The Morgan fingerprint density at radius 2 is 2.11 bits per heavy atom. The molecule has 4 heteroatoms. The summed E-state index contributed by atoms with van der Waals surface area (Å²) in [5.41, 5.74) is 0.605. The highest BCUT2D eigenvalue weighted by Gasteiger charge is 2.10. The van der Waals surface area contributed by atoms with E-state index in [1.54, 1.807) is 18.2 Å². The molecular weight excluding hydrogens is 252 g/mol. The average molecular weight is 269 g/mol. The molecule has 1 rings (SSSR count). The van der Waals surface area contributed by atoms with Crippen molar-refractivity contribution < 1.29 is 14.6 Å². The third-order valence-corrected chi connectivity index (χ3v) is 2.94. The lowest BCUT2D eigenvalue weighted by Crippen LogP contribution is -2.14. The second kappa shape index (κ2) is 7.07. The lowest BCUT2D eigenvalue weighted by atomic mass is 10.1. The molecule has 0 aliphatic rings. The zero-order chi connectivity index (χ0) is 13.5. The Bertz CT molecular complexity index is 437. The van der Waals surface area contributed by atoms with Crippen molar-refractivity contribution in [1.29, 1.82) is 0 Å². The molecule has 0 bridgehead atoms. The van der Waals surface area contributed by atoms with Crippen molar-refractivity contribution in [1.82, 2.24) is 0 Å². The topological polar surface area (TPSA) is 46.5 Å². The van der Waals surface area contributed by atoms with E-state index in [1.165, 1.54) is 6.08 Å². The monoisotopic (exact) mass is 268 g/mol. The van der Waals surface area contributed by atoms with Gasteiger partial charge >= 0.3 is 5.97 Å². The smallest absolute Gasteiger partial charge is 0.328 e. The molecule has 0 unspecified atom stereocenters. The molecule has 0 aliphatic carbocycles. The Morgan fingerprint density at radius 3 is 2.67 bits per heavy atom. The number of hydrogen-bond donors (Lipinski definition) is 1. The lowest BCUT2D eigenvalue weighted by molar-refractivity contribution is -0.131. The molecule has 0 aliphatic heterocycles. The van der Waals surface area contributed by atoms with Crippen LogP contribution in [0.15, 0.2) is 24.3 Å². The summed E-state index contributed by atoms with van der Waals surface area (Å²) >= 11 is 6.06. The summed E-state index contributed by atoms with van der Waals surface area (Å²) < 4.78 is 5.83. The van der Waals surface area contributed by atoms with Gasteiger partial charge in [0.25, 0.3) is 0 Å². The highest BCUT2D eigenvalue weighted by molar-refractivity contribution is 6.32. The number of hydrogen-bond acceptors (Lipinski definition) is 2. The van der Waals surface area contributed by atoms with Crippen LogP contribution < -0.4 is 4.74 Å². The number of carboxylic acids is 1. The van der Waals surface area contributed by atoms with Crippen LogP contribution in [-0.2, 0) is 4.79 Å². The van der Waals surface area contributed by atoms with Gasteiger partial charge in [-0.05, 0) is 31.1 Å². The summed E-state index contributed by atoms with van der Waals surface area (Å²) in [7, 11) is 0. The normalized spacial score (nSPS) is 11.1. The van der Waals surface area contributed by atoms with Crippen LogP contribution in [0.25, 0.3) is 6.08 Å². The minimum Gasteiger partial charge on any atom is -0.490 e. The quantitative estimate of drug-likeness (QED) is 0.793. The van der Waals surface area contributed by atoms with E-state index in [-0.39, 0.29) is 6.10 Å². The second-order valence-electron chi connectivity index (χ2n) is 3.88. The highest BCUT2D eigenvalue weighted by atomic mass is 35.5. The summed E-state index contributed by atoms with van der Waals surface area (Å²) in [6, 6.07) is 5.30.